The Bertz CT molecular complexity index is 688. The third-order valence-corrected chi connectivity index (χ3v) is 3.05. The van der Waals surface area contributed by atoms with Crippen molar-refractivity contribution in [3.63, 3.8) is 0 Å². The first-order valence-corrected chi connectivity index (χ1v) is 6.79. The van der Waals surface area contributed by atoms with Crippen molar-refractivity contribution in [1.29, 1.82) is 0 Å². The number of aromatic nitrogens is 5. The number of nitrogens with zero attached hydrogens (tertiary/aromatic N) is 5. The first kappa shape index (κ1) is 15.7. The van der Waals surface area contributed by atoms with Crippen LogP contribution in [0.4, 0.5) is 0 Å². The Hall–Kier alpha value is -2.71. The van der Waals surface area contributed by atoms with E-state index in [0.717, 1.165) is 5.69 Å². The fourth-order valence-corrected chi connectivity index (χ4v) is 2.03. The van der Waals surface area contributed by atoms with Gasteiger partial charge in [0.15, 0.2) is 0 Å². The number of hydrogen-bond acceptors (Lipinski definition) is 5. The van der Waals surface area contributed by atoms with Crippen LogP contribution in [0.2, 0.25) is 0 Å². The van der Waals surface area contributed by atoms with Crippen molar-refractivity contribution in [2.75, 3.05) is 0 Å². The van der Waals surface area contributed by atoms with Gasteiger partial charge in [-0.05, 0) is 12.0 Å². The zero-order chi connectivity index (χ0) is 16.3. The number of amides is 1. The van der Waals surface area contributed by atoms with E-state index in [2.05, 4.69) is 20.7 Å². The van der Waals surface area contributed by atoms with E-state index in [9.17, 15) is 9.59 Å². The quantitative estimate of drug-likeness (QED) is 0.785. The maximum absolute atomic E-state index is 12.1. The van der Waals surface area contributed by atoms with Gasteiger partial charge in [-0.15, -0.1) is 5.10 Å². The molecule has 9 heteroatoms. The molecule has 22 heavy (non-hydrogen) atoms. The lowest BCUT2D eigenvalue weighted by atomic mass is 10.1. The van der Waals surface area contributed by atoms with Gasteiger partial charge < -0.3 is 10.4 Å². The molecule has 2 aromatic rings. The second kappa shape index (κ2) is 6.37. The Balaban J connectivity index is 1.96. The fraction of sp³-hybridized carbons (Fsp3) is 0.462. The van der Waals surface area contributed by atoms with Crippen LogP contribution in [0.25, 0.3) is 0 Å². The molecule has 2 aromatic heterocycles. The molecule has 118 valence electrons. The molecule has 0 aliphatic rings. The Kier molecular flexibility index (Phi) is 4.54. The lowest BCUT2D eigenvalue weighted by Crippen LogP contribution is -2.23. The standard InChI is InChI=1S/C13H18N6O3/c1-8(2)11-4-10(16-18(11)3)13(22)14-5-9-6-19(17-15-9)7-12(20)21/h4,6,8H,5,7H2,1-3H3,(H,14,22)(H,20,21). The van der Waals surface area contributed by atoms with Crippen molar-refractivity contribution in [2.24, 2.45) is 7.05 Å². The molecule has 2 heterocycles. The Labute approximate surface area is 126 Å². The van der Waals surface area contributed by atoms with Gasteiger partial charge in [-0.3, -0.25) is 14.3 Å². The molecule has 0 aliphatic heterocycles. The van der Waals surface area contributed by atoms with Crippen molar-refractivity contribution in [2.45, 2.75) is 32.9 Å². The Morgan fingerprint density at radius 1 is 1.41 bits per heavy atom. The summed E-state index contributed by atoms with van der Waals surface area (Å²) in [7, 11) is 1.80. The molecule has 2 rings (SSSR count). The highest BCUT2D eigenvalue weighted by atomic mass is 16.4. The fourth-order valence-electron chi connectivity index (χ4n) is 2.03. The Morgan fingerprint density at radius 2 is 2.14 bits per heavy atom. The molecule has 0 bridgehead atoms. The maximum atomic E-state index is 12.1. The van der Waals surface area contributed by atoms with Crippen LogP contribution in [0.3, 0.4) is 0 Å². The molecule has 0 radical (unpaired) electrons. The second-order valence-corrected chi connectivity index (χ2v) is 5.22. The van der Waals surface area contributed by atoms with Gasteiger partial charge in [-0.25, -0.2) is 4.68 Å². The number of carboxylic acids is 1. The molecule has 0 fully saturated rings. The SMILES string of the molecule is CC(C)c1cc(C(=O)NCc2cn(CC(=O)O)nn2)nn1C. The van der Waals surface area contributed by atoms with Crippen molar-refractivity contribution in [3.8, 4) is 0 Å². The molecule has 9 nitrogen and oxygen atoms in total. The molecule has 0 aromatic carbocycles. The third kappa shape index (κ3) is 3.68. The minimum Gasteiger partial charge on any atom is -0.480 e. The van der Waals surface area contributed by atoms with Crippen LogP contribution < -0.4 is 5.32 Å². The van der Waals surface area contributed by atoms with Crippen molar-refractivity contribution < 1.29 is 14.7 Å². The number of carbonyl (C=O) groups is 2. The monoisotopic (exact) mass is 306 g/mol. The van der Waals surface area contributed by atoms with E-state index >= 15 is 0 Å². The normalized spacial score (nSPS) is 10.9. The molecule has 1 amide bonds. The summed E-state index contributed by atoms with van der Waals surface area (Å²) in [4.78, 5) is 22.6. The van der Waals surface area contributed by atoms with E-state index in [1.165, 1.54) is 10.9 Å². The zero-order valence-corrected chi connectivity index (χ0v) is 12.6. The highest BCUT2D eigenvalue weighted by Crippen LogP contribution is 2.14. The Morgan fingerprint density at radius 3 is 2.73 bits per heavy atom. The van der Waals surface area contributed by atoms with Crippen LogP contribution in [0.5, 0.6) is 0 Å². The molecule has 0 unspecified atom stereocenters. The molecule has 0 spiro atoms. The number of nitrogens with one attached hydrogen (secondary N) is 1. The average Bonchev–Trinajstić information content (AvgIpc) is 3.02. The number of aryl methyl sites for hydroxylation is 1. The van der Waals surface area contributed by atoms with Gasteiger partial charge in [0, 0.05) is 12.7 Å². The first-order chi connectivity index (χ1) is 10.4. The van der Waals surface area contributed by atoms with Gasteiger partial charge in [0.1, 0.15) is 17.9 Å². The molecule has 0 saturated heterocycles. The maximum Gasteiger partial charge on any atom is 0.325 e. The van der Waals surface area contributed by atoms with Gasteiger partial charge in [0.05, 0.1) is 12.7 Å². The van der Waals surface area contributed by atoms with Gasteiger partial charge >= 0.3 is 5.97 Å². The first-order valence-electron chi connectivity index (χ1n) is 6.79. The molecular formula is C13H18N6O3. The summed E-state index contributed by atoms with van der Waals surface area (Å²) in [5.74, 6) is -1.04. The van der Waals surface area contributed by atoms with E-state index < -0.39 is 5.97 Å². The number of aliphatic carboxylic acids is 1. The summed E-state index contributed by atoms with van der Waals surface area (Å²) in [5, 5.41) is 23.0. The van der Waals surface area contributed by atoms with Crippen LogP contribution in [-0.4, -0.2) is 41.8 Å². The molecule has 2 N–H and O–H groups in total. The smallest absolute Gasteiger partial charge is 0.325 e. The van der Waals surface area contributed by atoms with E-state index in [1.54, 1.807) is 17.8 Å². The minimum absolute atomic E-state index is 0.159. The summed E-state index contributed by atoms with van der Waals surface area (Å²) in [6.45, 7) is 3.95. The molecule has 0 saturated carbocycles. The largest absolute Gasteiger partial charge is 0.480 e. The predicted molar refractivity (Wildman–Crippen MR) is 76.1 cm³/mol. The highest BCUT2D eigenvalue weighted by molar-refractivity contribution is 5.92. The van der Waals surface area contributed by atoms with Crippen LogP contribution in [0.1, 0.15) is 41.6 Å². The van der Waals surface area contributed by atoms with Gasteiger partial charge in [0.25, 0.3) is 5.91 Å². The van der Waals surface area contributed by atoms with Crippen molar-refractivity contribution in [3.05, 3.63) is 29.3 Å². The van der Waals surface area contributed by atoms with E-state index in [1.807, 2.05) is 13.8 Å². The molecule has 0 atom stereocenters. The number of rotatable bonds is 6. The highest BCUT2D eigenvalue weighted by Gasteiger charge is 2.15. The summed E-state index contributed by atoms with van der Waals surface area (Å²) in [5.41, 5.74) is 1.79. The number of carboxylic acid groups (broad SMARTS) is 1. The summed E-state index contributed by atoms with van der Waals surface area (Å²) in [6.07, 6.45) is 1.48. The van der Waals surface area contributed by atoms with Gasteiger partial charge in [-0.1, -0.05) is 19.1 Å². The molecular weight excluding hydrogens is 288 g/mol. The van der Waals surface area contributed by atoms with Crippen LogP contribution in [0.15, 0.2) is 12.3 Å². The topological polar surface area (TPSA) is 115 Å². The van der Waals surface area contributed by atoms with Crippen LogP contribution in [-0.2, 0) is 24.9 Å². The predicted octanol–water partition coefficient (Wildman–Crippen LogP) is 0.150. The van der Waals surface area contributed by atoms with E-state index in [-0.39, 0.29) is 24.9 Å². The van der Waals surface area contributed by atoms with Crippen LogP contribution >= 0.6 is 0 Å². The van der Waals surface area contributed by atoms with E-state index in [0.29, 0.717) is 11.4 Å². The number of hydrogen-bond donors (Lipinski definition) is 2. The molecule has 0 aliphatic carbocycles. The van der Waals surface area contributed by atoms with E-state index in [4.69, 9.17) is 5.11 Å². The van der Waals surface area contributed by atoms with Gasteiger partial charge in [-0.2, -0.15) is 5.10 Å². The number of carbonyl (C=O) groups excluding carboxylic acids is 1. The van der Waals surface area contributed by atoms with Crippen molar-refractivity contribution in [1.82, 2.24) is 30.1 Å². The van der Waals surface area contributed by atoms with Crippen molar-refractivity contribution >= 4 is 11.9 Å². The lowest BCUT2D eigenvalue weighted by molar-refractivity contribution is -0.137. The van der Waals surface area contributed by atoms with Crippen LogP contribution in [0, 0.1) is 0 Å². The third-order valence-electron chi connectivity index (χ3n) is 3.05. The summed E-state index contributed by atoms with van der Waals surface area (Å²) in [6, 6.07) is 1.75. The summed E-state index contributed by atoms with van der Waals surface area (Å²) >= 11 is 0. The van der Waals surface area contributed by atoms with Gasteiger partial charge in [0.2, 0.25) is 0 Å². The average molecular weight is 306 g/mol. The minimum atomic E-state index is -1.00. The second-order valence-electron chi connectivity index (χ2n) is 5.22. The zero-order valence-electron chi connectivity index (χ0n) is 12.6. The lowest BCUT2D eigenvalue weighted by Gasteiger charge is -2.02. The summed E-state index contributed by atoms with van der Waals surface area (Å²) < 4.78 is 2.88.